The minimum atomic E-state index is 0.511. The third-order valence-corrected chi connectivity index (χ3v) is 2.70. The molecule has 0 bridgehead atoms. The van der Waals surface area contributed by atoms with Crippen LogP contribution < -0.4 is 4.74 Å². The van der Waals surface area contributed by atoms with Gasteiger partial charge in [0.1, 0.15) is 17.0 Å². The Labute approximate surface area is 102 Å². The predicted octanol–water partition coefficient (Wildman–Crippen LogP) is 2.64. The molecule has 0 spiro atoms. The van der Waals surface area contributed by atoms with Crippen molar-refractivity contribution in [2.24, 2.45) is 0 Å². The Kier molecular flexibility index (Phi) is 3.56. The number of nitrogens with zero attached hydrogens (tertiary/aromatic N) is 3. The Hall–Kier alpha value is -1.36. The number of hydrogen-bond acceptors (Lipinski definition) is 3. The van der Waals surface area contributed by atoms with E-state index < -0.39 is 0 Å². The van der Waals surface area contributed by atoms with Crippen molar-refractivity contribution >= 4 is 15.9 Å². The van der Waals surface area contributed by atoms with Gasteiger partial charge in [0.05, 0.1) is 24.4 Å². The molecular weight excluding hydrogens is 270 g/mol. The summed E-state index contributed by atoms with van der Waals surface area (Å²) in [4.78, 5) is 8.17. The van der Waals surface area contributed by atoms with Gasteiger partial charge < -0.3 is 9.30 Å². The summed E-state index contributed by atoms with van der Waals surface area (Å²) < 4.78 is 8.46. The Balaban J connectivity index is 1.99. The maximum Gasteiger partial charge on any atom is 0.138 e. The summed E-state index contributed by atoms with van der Waals surface area (Å²) >= 11 is 3.28. The third kappa shape index (κ3) is 2.61. The smallest absolute Gasteiger partial charge is 0.138 e. The lowest BCUT2D eigenvalue weighted by Gasteiger charge is -2.07. The van der Waals surface area contributed by atoms with Crippen molar-refractivity contribution in [2.75, 3.05) is 0 Å². The lowest BCUT2D eigenvalue weighted by molar-refractivity contribution is 0.294. The maximum absolute atomic E-state index is 5.60. The number of hydrogen-bond donors (Lipinski definition) is 0. The average Bonchev–Trinajstić information content (AvgIpc) is 2.76. The van der Waals surface area contributed by atoms with E-state index in [1.807, 2.05) is 22.9 Å². The lowest BCUT2D eigenvalue weighted by Crippen LogP contribution is -2.03. The van der Waals surface area contributed by atoms with Crippen LogP contribution in [0.15, 0.2) is 35.5 Å². The zero-order valence-electron chi connectivity index (χ0n) is 8.93. The van der Waals surface area contributed by atoms with Gasteiger partial charge in [0, 0.05) is 6.54 Å². The van der Waals surface area contributed by atoms with E-state index in [1.54, 1.807) is 12.5 Å². The summed E-state index contributed by atoms with van der Waals surface area (Å²) in [6.45, 7) is 3.49. The second-order valence-corrected chi connectivity index (χ2v) is 4.09. The molecule has 4 nitrogen and oxygen atoms in total. The number of imidazole rings is 1. The molecule has 2 aromatic rings. The van der Waals surface area contributed by atoms with Crippen LogP contribution in [0.1, 0.15) is 12.6 Å². The van der Waals surface area contributed by atoms with Crippen LogP contribution in [0.3, 0.4) is 0 Å². The zero-order valence-corrected chi connectivity index (χ0v) is 10.5. The van der Waals surface area contributed by atoms with Crippen molar-refractivity contribution in [3.05, 3.63) is 41.2 Å². The number of rotatable bonds is 4. The molecule has 0 fully saturated rings. The fourth-order valence-electron chi connectivity index (χ4n) is 1.36. The molecule has 0 aliphatic carbocycles. The van der Waals surface area contributed by atoms with Crippen LogP contribution in [0, 0.1) is 0 Å². The SMILES string of the molecule is CCn1cncc1COc1ccc(Br)nc1. The van der Waals surface area contributed by atoms with Crippen molar-refractivity contribution in [1.29, 1.82) is 0 Å². The quantitative estimate of drug-likeness (QED) is 0.809. The van der Waals surface area contributed by atoms with Gasteiger partial charge in [-0.15, -0.1) is 0 Å². The minimum absolute atomic E-state index is 0.511. The van der Waals surface area contributed by atoms with Crippen LogP contribution in [0.4, 0.5) is 0 Å². The van der Waals surface area contributed by atoms with E-state index in [0.717, 1.165) is 22.6 Å². The first-order chi connectivity index (χ1) is 7.79. The molecule has 16 heavy (non-hydrogen) atoms. The number of aryl methyl sites for hydroxylation is 1. The van der Waals surface area contributed by atoms with Crippen LogP contribution in [0.2, 0.25) is 0 Å². The largest absolute Gasteiger partial charge is 0.486 e. The van der Waals surface area contributed by atoms with E-state index in [1.165, 1.54) is 0 Å². The predicted molar refractivity (Wildman–Crippen MR) is 64.2 cm³/mol. The molecule has 0 amide bonds. The first-order valence-corrected chi connectivity index (χ1v) is 5.82. The maximum atomic E-state index is 5.60. The Morgan fingerprint density at radius 3 is 2.94 bits per heavy atom. The molecule has 0 aromatic carbocycles. The Morgan fingerprint density at radius 2 is 2.25 bits per heavy atom. The van der Waals surface area contributed by atoms with Gasteiger partial charge in [-0.05, 0) is 35.0 Å². The van der Waals surface area contributed by atoms with E-state index in [2.05, 4.69) is 32.8 Å². The van der Waals surface area contributed by atoms with Crippen LogP contribution >= 0.6 is 15.9 Å². The molecule has 2 rings (SSSR count). The number of pyridine rings is 1. The molecule has 2 aromatic heterocycles. The molecule has 5 heteroatoms. The van der Waals surface area contributed by atoms with Gasteiger partial charge in [0.15, 0.2) is 0 Å². The molecule has 84 valence electrons. The standard InChI is InChI=1S/C11H12BrN3O/c1-2-15-8-13-5-9(15)7-16-10-3-4-11(12)14-6-10/h3-6,8H,2,7H2,1H3. The van der Waals surface area contributed by atoms with Crippen molar-refractivity contribution in [1.82, 2.24) is 14.5 Å². The second kappa shape index (κ2) is 5.12. The molecule has 0 aliphatic rings. The normalized spacial score (nSPS) is 10.4. The highest BCUT2D eigenvalue weighted by molar-refractivity contribution is 9.10. The molecule has 0 atom stereocenters. The third-order valence-electron chi connectivity index (χ3n) is 2.23. The van der Waals surface area contributed by atoms with Gasteiger partial charge in [-0.1, -0.05) is 0 Å². The van der Waals surface area contributed by atoms with Gasteiger partial charge >= 0.3 is 0 Å². The molecule has 2 heterocycles. The Morgan fingerprint density at radius 1 is 1.38 bits per heavy atom. The highest BCUT2D eigenvalue weighted by Gasteiger charge is 2.01. The molecular formula is C11H12BrN3O. The van der Waals surface area contributed by atoms with Crippen LogP contribution in [-0.4, -0.2) is 14.5 Å². The highest BCUT2D eigenvalue weighted by atomic mass is 79.9. The molecule has 0 N–H and O–H groups in total. The van der Waals surface area contributed by atoms with Gasteiger partial charge in [0.2, 0.25) is 0 Å². The first-order valence-electron chi connectivity index (χ1n) is 5.03. The fraction of sp³-hybridized carbons (Fsp3) is 0.273. The summed E-state index contributed by atoms with van der Waals surface area (Å²) in [5.74, 6) is 0.757. The zero-order chi connectivity index (χ0) is 11.4. The summed E-state index contributed by atoms with van der Waals surface area (Å²) in [7, 11) is 0. The summed E-state index contributed by atoms with van der Waals surface area (Å²) in [6, 6.07) is 3.73. The number of ether oxygens (including phenoxy) is 1. The lowest BCUT2D eigenvalue weighted by atomic mass is 10.4. The monoisotopic (exact) mass is 281 g/mol. The summed E-state index contributed by atoms with van der Waals surface area (Å²) in [6.07, 6.45) is 5.31. The van der Waals surface area contributed by atoms with Crippen molar-refractivity contribution in [3.8, 4) is 5.75 Å². The van der Waals surface area contributed by atoms with Gasteiger partial charge in [-0.3, -0.25) is 0 Å². The van der Waals surface area contributed by atoms with Gasteiger partial charge in [-0.25, -0.2) is 9.97 Å². The molecule has 0 unspecified atom stereocenters. The minimum Gasteiger partial charge on any atom is -0.486 e. The number of aromatic nitrogens is 3. The van der Waals surface area contributed by atoms with Crippen LogP contribution in [0.5, 0.6) is 5.75 Å². The van der Waals surface area contributed by atoms with Crippen LogP contribution in [0.25, 0.3) is 0 Å². The molecule has 0 saturated heterocycles. The Bertz CT molecular complexity index is 453. The highest BCUT2D eigenvalue weighted by Crippen LogP contribution is 2.14. The first kappa shape index (κ1) is 11.1. The van der Waals surface area contributed by atoms with E-state index in [4.69, 9.17) is 4.74 Å². The van der Waals surface area contributed by atoms with Crippen LogP contribution in [-0.2, 0) is 13.2 Å². The number of halogens is 1. The van der Waals surface area contributed by atoms with E-state index in [0.29, 0.717) is 6.61 Å². The average molecular weight is 282 g/mol. The molecule has 0 radical (unpaired) electrons. The molecule has 0 aliphatic heterocycles. The van der Waals surface area contributed by atoms with Gasteiger partial charge in [-0.2, -0.15) is 0 Å². The van der Waals surface area contributed by atoms with E-state index in [-0.39, 0.29) is 0 Å². The fourth-order valence-corrected chi connectivity index (χ4v) is 1.59. The molecule has 0 saturated carbocycles. The topological polar surface area (TPSA) is 39.9 Å². The van der Waals surface area contributed by atoms with E-state index >= 15 is 0 Å². The van der Waals surface area contributed by atoms with Gasteiger partial charge in [0.25, 0.3) is 0 Å². The second-order valence-electron chi connectivity index (χ2n) is 3.28. The van der Waals surface area contributed by atoms with E-state index in [9.17, 15) is 0 Å². The van der Waals surface area contributed by atoms with Crippen molar-refractivity contribution in [2.45, 2.75) is 20.1 Å². The van der Waals surface area contributed by atoms with Crippen molar-refractivity contribution in [3.63, 3.8) is 0 Å². The summed E-state index contributed by atoms with van der Waals surface area (Å²) in [5, 5.41) is 0. The van der Waals surface area contributed by atoms with Crippen molar-refractivity contribution < 1.29 is 4.74 Å². The summed E-state index contributed by atoms with van der Waals surface area (Å²) in [5.41, 5.74) is 1.06.